The Morgan fingerprint density at radius 2 is 1.75 bits per heavy atom. The van der Waals surface area contributed by atoms with Gasteiger partial charge in [0.1, 0.15) is 11.5 Å². The molecule has 3 heterocycles. The number of benzene rings is 2. The normalized spacial score (nSPS) is 16.4. The maximum absolute atomic E-state index is 9.83. The van der Waals surface area contributed by atoms with Gasteiger partial charge in [0.2, 0.25) is 5.82 Å². The van der Waals surface area contributed by atoms with Gasteiger partial charge in [0, 0.05) is 12.0 Å². The fourth-order valence-corrected chi connectivity index (χ4v) is 5.23. The monoisotopic (exact) mass is 483 g/mol. The average Bonchev–Trinajstić information content (AvgIpc) is 3.59. The first kappa shape index (κ1) is 23.9. The van der Waals surface area contributed by atoms with Crippen LogP contribution in [-0.2, 0) is 12.8 Å². The number of hydrogen-bond acceptors (Lipinski definition) is 6. The second-order valence-electron chi connectivity index (χ2n) is 9.40. The van der Waals surface area contributed by atoms with E-state index in [1.54, 1.807) is 0 Å². The Hall–Kier alpha value is -3.81. The lowest BCUT2D eigenvalue weighted by Gasteiger charge is -2.29. The Bertz CT molecular complexity index is 1320. The van der Waals surface area contributed by atoms with E-state index in [9.17, 15) is 5.21 Å². The minimum Gasteiger partial charge on any atom is -0.411 e. The average molecular weight is 484 g/mol. The molecule has 2 aromatic heterocycles. The number of imidazole rings is 1. The predicted octanol–water partition coefficient (Wildman–Crippen LogP) is 5.98. The molecule has 0 bridgehead atoms. The second kappa shape index (κ2) is 10.8. The van der Waals surface area contributed by atoms with E-state index in [0.717, 1.165) is 91.0 Å². The molecule has 0 saturated carbocycles. The lowest BCUT2D eigenvalue weighted by atomic mass is 9.91. The topological polar surface area (TPSA) is 105 Å². The number of aryl methyl sites for hydroxylation is 2. The van der Waals surface area contributed by atoms with Crippen LogP contribution >= 0.6 is 0 Å². The van der Waals surface area contributed by atoms with Crippen molar-refractivity contribution in [1.29, 1.82) is 0 Å². The SMILES string of the molecule is CCCCc1nc(CCCC)n2c1C(=NO)CCC2c1ccc(-c2ccccc2-c2nn[nH]n2)cc1. The van der Waals surface area contributed by atoms with Gasteiger partial charge < -0.3 is 9.77 Å². The van der Waals surface area contributed by atoms with Crippen molar-refractivity contribution >= 4 is 5.71 Å². The minimum absolute atomic E-state index is 0.168. The van der Waals surface area contributed by atoms with Gasteiger partial charge in [-0.1, -0.05) is 80.4 Å². The van der Waals surface area contributed by atoms with Gasteiger partial charge in [-0.15, -0.1) is 10.2 Å². The van der Waals surface area contributed by atoms with E-state index in [2.05, 4.69) is 74.5 Å². The van der Waals surface area contributed by atoms with Crippen LogP contribution < -0.4 is 0 Å². The van der Waals surface area contributed by atoms with Crippen molar-refractivity contribution in [2.45, 2.75) is 71.3 Å². The van der Waals surface area contributed by atoms with Crippen LogP contribution in [0.4, 0.5) is 0 Å². The Labute approximate surface area is 211 Å². The fourth-order valence-electron chi connectivity index (χ4n) is 5.23. The number of fused-ring (bicyclic) bond motifs is 1. The summed E-state index contributed by atoms with van der Waals surface area (Å²) in [7, 11) is 0. The zero-order valence-corrected chi connectivity index (χ0v) is 21.0. The van der Waals surface area contributed by atoms with E-state index < -0.39 is 0 Å². The van der Waals surface area contributed by atoms with Crippen molar-refractivity contribution in [2.75, 3.05) is 0 Å². The summed E-state index contributed by atoms with van der Waals surface area (Å²) >= 11 is 0. The van der Waals surface area contributed by atoms with Crippen LogP contribution in [0, 0.1) is 0 Å². The van der Waals surface area contributed by atoms with Gasteiger partial charge in [0.05, 0.1) is 17.4 Å². The zero-order valence-electron chi connectivity index (χ0n) is 21.0. The number of unbranched alkanes of at least 4 members (excludes halogenated alkanes) is 2. The second-order valence-corrected chi connectivity index (χ2v) is 9.40. The molecule has 8 nitrogen and oxygen atoms in total. The molecule has 1 unspecified atom stereocenters. The molecule has 0 spiro atoms. The number of rotatable bonds is 9. The predicted molar refractivity (Wildman–Crippen MR) is 140 cm³/mol. The van der Waals surface area contributed by atoms with Crippen molar-refractivity contribution in [3.05, 3.63) is 71.3 Å². The fraction of sp³-hybridized carbons (Fsp3) is 0.393. The number of aromatic nitrogens is 6. The highest BCUT2D eigenvalue weighted by atomic mass is 16.4. The highest BCUT2D eigenvalue weighted by Gasteiger charge is 2.31. The molecule has 0 amide bonds. The first-order valence-corrected chi connectivity index (χ1v) is 13.0. The molecule has 0 aliphatic carbocycles. The molecule has 1 aliphatic heterocycles. The maximum Gasteiger partial charge on any atom is 0.205 e. The number of nitrogens with zero attached hydrogens (tertiary/aromatic N) is 6. The van der Waals surface area contributed by atoms with Crippen LogP contribution in [-0.4, -0.2) is 41.1 Å². The highest BCUT2D eigenvalue weighted by molar-refractivity contribution is 6.00. The van der Waals surface area contributed by atoms with Crippen LogP contribution in [0.3, 0.4) is 0 Å². The van der Waals surface area contributed by atoms with Crippen molar-refractivity contribution in [2.24, 2.45) is 5.16 Å². The Kier molecular flexibility index (Phi) is 7.21. The quantitative estimate of drug-likeness (QED) is 0.225. The number of aromatic amines is 1. The molecular formula is C28H33N7O. The van der Waals surface area contributed by atoms with Crippen LogP contribution in [0.25, 0.3) is 22.5 Å². The lowest BCUT2D eigenvalue weighted by Crippen LogP contribution is -2.26. The Morgan fingerprint density at radius 3 is 2.44 bits per heavy atom. The number of H-pyrrole nitrogens is 1. The smallest absolute Gasteiger partial charge is 0.205 e. The standard InChI is InChI=1S/C28H33N7O/c1-3-5-11-23-27-24(32-36)17-18-25(35(27)26(29-23)12-6-4-2)20-15-13-19(14-16-20)21-9-7-8-10-22(21)28-30-33-34-31-28/h7-10,13-16,25,36H,3-6,11-12,17-18H2,1-2H3,(H,30,31,33,34). The van der Waals surface area contributed by atoms with E-state index >= 15 is 0 Å². The summed E-state index contributed by atoms with van der Waals surface area (Å²) in [6.45, 7) is 4.41. The molecule has 0 saturated heterocycles. The first-order chi connectivity index (χ1) is 17.7. The van der Waals surface area contributed by atoms with Crippen LogP contribution in [0.2, 0.25) is 0 Å². The van der Waals surface area contributed by atoms with E-state index in [1.807, 2.05) is 18.2 Å². The van der Waals surface area contributed by atoms with Gasteiger partial charge >= 0.3 is 0 Å². The molecule has 1 aliphatic rings. The van der Waals surface area contributed by atoms with Gasteiger partial charge in [-0.2, -0.15) is 5.21 Å². The number of oxime groups is 1. The van der Waals surface area contributed by atoms with Gasteiger partial charge in [-0.05, 0) is 54.0 Å². The van der Waals surface area contributed by atoms with Gasteiger partial charge in [-0.3, -0.25) is 0 Å². The van der Waals surface area contributed by atoms with Crippen molar-refractivity contribution in [3.8, 4) is 22.5 Å². The van der Waals surface area contributed by atoms with Crippen LogP contribution in [0.5, 0.6) is 0 Å². The number of hydrogen-bond donors (Lipinski definition) is 2. The third kappa shape index (κ3) is 4.55. The molecule has 2 N–H and O–H groups in total. The van der Waals surface area contributed by atoms with Crippen molar-refractivity contribution in [1.82, 2.24) is 30.2 Å². The molecule has 0 fully saturated rings. The minimum atomic E-state index is 0.168. The molecule has 36 heavy (non-hydrogen) atoms. The van der Waals surface area contributed by atoms with Crippen molar-refractivity contribution < 1.29 is 5.21 Å². The summed E-state index contributed by atoms with van der Waals surface area (Å²) < 4.78 is 2.36. The van der Waals surface area contributed by atoms with E-state index in [-0.39, 0.29) is 6.04 Å². The lowest BCUT2D eigenvalue weighted by molar-refractivity contribution is 0.315. The summed E-state index contributed by atoms with van der Waals surface area (Å²) in [5.74, 6) is 1.69. The zero-order chi connectivity index (χ0) is 24.9. The molecule has 5 rings (SSSR count). The summed E-state index contributed by atoms with van der Waals surface area (Å²) in [6, 6.07) is 17.1. The van der Waals surface area contributed by atoms with E-state index in [4.69, 9.17) is 4.98 Å². The maximum atomic E-state index is 9.83. The summed E-state index contributed by atoms with van der Waals surface area (Å²) in [5.41, 5.74) is 7.22. The molecule has 186 valence electrons. The van der Waals surface area contributed by atoms with E-state index in [1.165, 1.54) is 5.56 Å². The summed E-state index contributed by atoms with van der Waals surface area (Å²) in [6.07, 6.45) is 7.86. The molecule has 4 aromatic rings. The third-order valence-corrected chi connectivity index (χ3v) is 7.06. The van der Waals surface area contributed by atoms with Crippen LogP contribution in [0.1, 0.15) is 81.2 Å². The first-order valence-electron chi connectivity index (χ1n) is 13.0. The largest absolute Gasteiger partial charge is 0.411 e. The molecule has 1 atom stereocenters. The summed E-state index contributed by atoms with van der Waals surface area (Å²) in [5, 5.41) is 28.1. The van der Waals surface area contributed by atoms with E-state index in [0.29, 0.717) is 5.82 Å². The Morgan fingerprint density at radius 1 is 1.00 bits per heavy atom. The van der Waals surface area contributed by atoms with Crippen LogP contribution in [0.15, 0.2) is 53.7 Å². The number of nitrogens with one attached hydrogen (secondary N) is 1. The van der Waals surface area contributed by atoms with Crippen molar-refractivity contribution in [3.63, 3.8) is 0 Å². The molecule has 0 radical (unpaired) electrons. The third-order valence-electron chi connectivity index (χ3n) is 7.06. The molecule has 8 heteroatoms. The molecule has 2 aromatic carbocycles. The Balaban J connectivity index is 1.53. The van der Waals surface area contributed by atoms with Gasteiger partial charge in [0.15, 0.2) is 0 Å². The molecular weight excluding hydrogens is 450 g/mol. The highest BCUT2D eigenvalue weighted by Crippen LogP contribution is 2.37. The van der Waals surface area contributed by atoms with Gasteiger partial charge in [-0.25, -0.2) is 4.98 Å². The van der Waals surface area contributed by atoms with Gasteiger partial charge in [0.25, 0.3) is 0 Å². The number of tetrazole rings is 1. The summed E-state index contributed by atoms with van der Waals surface area (Å²) in [4.78, 5) is 5.09.